The summed E-state index contributed by atoms with van der Waals surface area (Å²) in [4.78, 5) is 12.7. The molecule has 7 nitrogen and oxygen atoms in total. The molecule has 0 saturated carbocycles. The maximum absolute atomic E-state index is 12.7. The number of nitrogens with zero attached hydrogens (tertiary/aromatic N) is 1. The summed E-state index contributed by atoms with van der Waals surface area (Å²) in [6.07, 6.45) is 0.845. The second kappa shape index (κ2) is 10.2. The molecule has 1 atom stereocenters. The molecule has 1 aliphatic rings. The molecule has 0 radical (unpaired) electrons. The highest BCUT2D eigenvalue weighted by molar-refractivity contribution is 9.10. The summed E-state index contributed by atoms with van der Waals surface area (Å²) >= 11 is 3.55. The zero-order valence-electron chi connectivity index (χ0n) is 17.0. The van der Waals surface area contributed by atoms with Crippen LogP contribution < -0.4 is 15.2 Å². The molecule has 2 rings (SSSR count). The summed E-state index contributed by atoms with van der Waals surface area (Å²) in [6.45, 7) is 8.37. The van der Waals surface area contributed by atoms with Gasteiger partial charge in [0, 0.05) is 4.47 Å². The van der Waals surface area contributed by atoms with E-state index >= 15 is 0 Å². The van der Waals surface area contributed by atoms with Gasteiger partial charge in [0.2, 0.25) is 5.88 Å². The maximum Gasteiger partial charge on any atom is 0.338 e. The Balaban J connectivity index is 2.68. The highest BCUT2D eigenvalue weighted by atomic mass is 79.9. The van der Waals surface area contributed by atoms with Crippen LogP contribution in [-0.4, -0.2) is 25.8 Å². The predicted octanol–water partition coefficient (Wildman–Crippen LogP) is 4.28. The Labute approximate surface area is 179 Å². The highest BCUT2D eigenvalue weighted by Gasteiger charge is 2.37. The van der Waals surface area contributed by atoms with Gasteiger partial charge in [-0.05, 0) is 44.9 Å². The highest BCUT2D eigenvalue weighted by Crippen LogP contribution is 2.45. The first-order valence-electron chi connectivity index (χ1n) is 9.43. The summed E-state index contributed by atoms with van der Waals surface area (Å²) in [7, 11) is 0. The number of halogens is 1. The van der Waals surface area contributed by atoms with E-state index in [9.17, 15) is 10.1 Å². The first kappa shape index (κ1) is 22.6. The molecule has 0 fully saturated rings. The van der Waals surface area contributed by atoms with Crippen molar-refractivity contribution in [1.29, 1.82) is 5.26 Å². The monoisotopic (exact) mass is 464 g/mol. The molecule has 0 aromatic heterocycles. The average molecular weight is 465 g/mol. The Morgan fingerprint density at radius 3 is 2.52 bits per heavy atom. The Kier molecular flexibility index (Phi) is 7.97. The molecule has 8 heteroatoms. The molecule has 29 heavy (non-hydrogen) atoms. The minimum Gasteiger partial charge on any atom is -0.490 e. The van der Waals surface area contributed by atoms with Crippen LogP contribution in [0.25, 0.3) is 0 Å². The van der Waals surface area contributed by atoms with Crippen molar-refractivity contribution in [2.45, 2.75) is 40.0 Å². The molecular weight excluding hydrogens is 440 g/mol. The van der Waals surface area contributed by atoms with Crippen molar-refractivity contribution < 1.29 is 23.7 Å². The van der Waals surface area contributed by atoms with Crippen molar-refractivity contribution in [3.8, 4) is 17.6 Å². The smallest absolute Gasteiger partial charge is 0.338 e. The number of benzene rings is 1. The standard InChI is InChI=1S/C21H25BrN2O5/c1-5-8-28-17-10-15(22)13(9-16(17)26-6-2)19-14(11-23)20(24)29-12(4)18(19)21(25)27-7-3/h9-10,19H,5-8,24H2,1-4H3. The molecule has 2 N–H and O–H groups in total. The van der Waals surface area contributed by atoms with Crippen LogP contribution in [0, 0.1) is 11.3 Å². The van der Waals surface area contributed by atoms with Gasteiger partial charge in [0.05, 0.1) is 31.3 Å². The SMILES string of the molecule is CCCOc1cc(Br)c(C2C(C#N)=C(N)OC(C)=C2C(=O)OCC)cc1OCC. The first-order chi connectivity index (χ1) is 13.9. The van der Waals surface area contributed by atoms with E-state index < -0.39 is 11.9 Å². The van der Waals surface area contributed by atoms with Gasteiger partial charge in [0.25, 0.3) is 0 Å². The van der Waals surface area contributed by atoms with E-state index in [0.29, 0.717) is 40.5 Å². The van der Waals surface area contributed by atoms with E-state index in [1.54, 1.807) is 26.0 Å². The third-order valence-electron chi connectivity index (χ3n) is 4.24. The first-order valence-corrected chi connectivity index (χ1v) is 10.2. The van der Waals surface area contributed by atoms with Crippen molar-refractivity contribution in [3.05, 3.63) is 45.0 Å². The Morgan fingerprint density at radius 1 is 1.24 bits per heavy atom. The lowest BCUT2D eigenvalue weighted by molar-refractivity contribution is -0.139. The van der Waals surface area contributed by atoms with Gasteiger partial charge in [-0.3, -0.25) is 0 Å². The lowest BCUT2D eigenvalue weighted by atomic mass is 9.83. The topological polar surface area (TPSA) is 104 Å². The molecule has 1 unspecified atom stereocenters. The summed E-state index contributed by atoms with van der Waals surface area (Å²) < 4.78 is 22.8. The number of ether oxygens (including phenoxy) is 4. The zero-order chi connectivity index (χ0) is 21.6. The van der Waals surface area contributed by atoms with E-state index in [1.165, 1.54) is 0 Å². The number of nitriles is 1. The predicted molar refractivity (Wildman–Crippen MR) is 111 cm³/mol. The fourth-order valence-electron chi connectivity index (χ4n) is 3.03. The number of esters is 1. The minimum absolute atomic E-state index is 0.0424. The van der Waals surface area contributed by atoms with E-state index in [4.69, 9.17) is 24.7 Å². The van der Waals surface area contributed by atoms with Crippen molar-refractivity contribution in [2.24, 2.45) is 5.73 Å². The van der Waals surface area contributed by atoms with Gasteiger partial charge in [-0.2, -0.15) is 5.26 Å². The van der Waals surface area contributed by atoms with Crippen molar-refractivity contribution in [2.75, 3.05) is 19.8 Å². The summed E-state index contributed by atoms with van der Waals surface area (Å²) in [5.41, 5.74) is 6.94. The average Bonchev–Trinajstić information content (AvgIpc) is 2.67. The van der Waals surface area contributed by atoms with Gasteiger partial charge in [-0.15, -0.1) is 0 Å². The van der Waals surface area contributed by atoms with Crippen LogP contribution in [0.4, 0.5) is 0 Å². The number of allylic oxidation sites excluding steroid dienone is 2. The minimum atomic E-state index is -0.762. The third kappa shape index (κ3) is 4.85. The Bertz CT molecular complexity index is 886. The maximum atomic E-state index is 12.7. The van der Waals surface area contributed by atoms with E-state index in [2.05, 4.69) is 22.0 Å². The summed E-state index contributed by atoms with van der Waals surface area (Å²) in [6, 6.07) is 5.60. The van der Waals surface area contributed by atoms with Gasteiger partial charge >= 0.3 is 5.97 Å². The largest absolute Gasteiger partial charge is 0.490 e. The number of rotatable bonds is 8. The van der Waals surface area contributed by atoms with Gasteiger partial charge in [-0.1, -0.05) is 22.9 Å². The molecule has 1 aliphatic heterocycles. The fraction of sp³-hybridized carbons (Fsp3) is 0.429. The molecule has 1 aromatic rings. The summed E-state index contributed by atoms with van der Waals surface area (Å²) in [5, 5.41) is 9.73. The van der Waals surface area contributed by atoms with Gasteiger partial charge < -0.3 is 24.7 Å². The second-order valence-electron chi connectivity index (χ2n) is 6.22. The van der Waals surface area contributed by atoms with Crippen molar-refractivity contribution >= 4 is 21.9 Å². The van der Waals surface area contributed by atoms with Crippen LogP contribution in [0.1, 0.15) is 45.6 Å². The number of hydrogen-bond acceptors (Lipinski definition) is 7. The van der Waals surface area contributed by atoms with Crippen LogP contribution in [0.15, 0.2) is 39.4 Å². The van der Waals surface area contributed by atoms with Crippen LogP contribution in [0.2, 0.25) is 0 Å². The van der Waals surface area contributed by atoms with Gasteiger partial charge in [0.1, 0.15) is 17.4 Å². The molecular formula is C21H25BrN2O5. The van der Waals surface area contributed by atoms with Crippen molar-refractivity contribution in [3.63, 3.8) is 0 Å². The number of hydrogen-bond donors (Lipinski definition) is 1. The van der Waals surface area contributed by atoms with Gasteiger partial charge in [-0.25, -0.2) is 4.79 Å². The quantitative estimate of drug-likeness (QED) is 0.572. The lowest BCUT2D eigenvalue weighted by Gasteiger charge is -2.28. The second-order valence-corrected chi connectivity index (χ2v) is 7.07. The van der Waals surface area contributed by atoms with Crippen molar-refractivity contribution in [1.82, 2.24) is 0 Å². The van der Waals surface area contributed by atoms with Crippen LogP contribution in [0.3, 0.4) is 0 Å². The summed E-state index contributed by atoms with van der Waals surface area (Å²) in [5.74, 6) is 0.0148. The van der Waals surface area contributed by atoms with E-state index in [0.717, 1.165) is 6.42 Å². The molecule has 0 bridgehead atoms. The molecule has 0 amide bonds. The lowest BCUT2D eigenvalue weighted by Crippen LogP contribution is -2.25. The molecule has 156 valence electrons. The van der Waals surface area contributed by atoms with Crippen LogP contribution in [-0.2, 0) is 14.3 Å². The van der Waals surface area contributed by atoms with Crippen LogP contribution in [0.5, 0.6) is 11.5 Å². The Morgan fingerprint density at radius 2 is 1.93 bits per heavy atom. The molecule has 0 aliphatic carbocycles. The third-order valence-corrected chi connectivity index (χ3v) is 4.92. The normalized spacial score (nSPS) is 16.2. The van der Waals surface area contributed by atoms with Crippen LogP contribution >= 0.6 is 15.9 Å². The van der Waals surface area contributed by atoms with E-state index in [1.807, 2.05) is 13.8 Å². The molecule has 0 saturated heterocycles. The molecule has 0 spiro atoms. The number of carbonyl (C=O) groups is 1. The fourth-order valence-corrected chi connectivity index (χ4v) is 3.58. The number of carbonyl (C=O) groups excluding carboxylic acids is 1. The molecule has 1 heterocycles. The molecule has 1 aromatic carbocycles. The van der Waals surface area contributed by atoms with E-state index in [-0.39, 0.29) is 23.6 Å². The zero-order valence-corrected chi connectivity index (χ0v) is 18.6. The Hall–Kier alpha value is -2.66. The van der Waals surface area contributed by atoms with Gasteiger partial charge in [0.15, 0.2) is 11.5 Å². The number of nitrogens with two attached hydrogens (primary N) is 1.